The predicted molar refractivity (Wildman–Crippen MR) is 91.9 cm³/mol. The quantitative estimate of drug-likeness (QED) is 0.865. The van der Waals surface area contributed by atoms with Gasteiger partial charge in [-0.3, -0.25) is 4.79 Å². The van der Waals surface area contributed by atoms with Crippen molar-refractivity contribution in [1.82, 2.24) is 4.90 Å². The zero-order valence-corrected chi connectivity index (χ0v) is 13.7. The highest BCUT2D eigenvalue weighted by molar-refractivity contribution is 5.78. The highest BCUT2D eigenvalue weighted by Gasteiger charge is 2.21. The third kappa shape index (κ3) is 4.04. The Morgan fingerprint density at radius 2 is 1.79 bits per heavy atom. The van der Waals surface area contributed by atoms with Crippen LogP contribution in [0, 0.1) is 12.7 Å². The second-order valence-corrected chi connectivity index (χ2v) is 5.95. The lowest BCUT2D eigenvalue weighted by Crippen LogP contribution is -2.50. The third-order valence-electron chi connectivity index (χ3n) is 4.18. The van der Waals surface area contributed by atoms with Crippen molar-refractivity contribution >= 4 is 11.6 Å². The van der Waals surface area contributed by atoms with Crippen molar-refractivity contribution in [3.63, 3.8) is 0 Å². The molecule has 0 aliphatic carbocycles. The number of ether oxygens (including phenoxy) is 1. The molecule has 1 aliphatic heterocycles. The lowest BCUT2D eigenvalue weighted by Gasteiger charge is -2.36. The standard InChI is InChI=1S/C19H21FN2O2/c1-15-3-2-4-17(13-15)21-9-11-22(12-10-21)19(23)14-24-18-7-5-16(20)6-8-18/h2-8,13H,9-12,14H2,1H3. The lowest BCUT2D eigenvalue weighted by atomic mass is 10.2. The average molecular weight is 328 g/mol. The van der Waals surface area contributed by atoms with Crippen molar-refractivity contribution < 1.29 is 13.9 Å². The molecular formula is C19H21FN2O2. The Morgan fingerprint density at radius 1 is 1.08 bits per heavy atom. The Labute approximate surface area is 141 Å². The molecule has 24 heavy (non-hydrogen) atoms. The van der Waals surface area contributed by atoms with E-state index in [1.54, 1.807) is 0 Å². The molecular weight excluding hydrogens is 307 g/mol. The molecule has 0 N–H and O–H groups in total. The zero-order chi connectivity index (χ0) is 16.9. The number of nitrogens with zero attached hydrogens (tertiary/aromatic N) is 2. The van der Waals surface area contributed by atoms with Gasteiger partial charge in [0.15, 0.2) is 6.61 Å². The van der Waals surface area contributed by atoms with Crippen molar-refractivity contribution in [2.24, 2.45) is 0 Å². The summed E-state index contributed by atoms with van der Waals surface area (Å²) in [5.74, 6) is 0.146. The summed E-state index contributed by atoms with van der Waals surface area (Å²) >= 11 is 0. The van der Waals surface area contributed by atoms with Crippen molar-refractivity contribution in [2.75, 3.05) is 37.7 Å². The minimum absolute atomic E-state index is 0.0178. The van der Waals surface area contributed by atoms with E-state index in [9.17, 15) is 9.18 Å². The van der Waals surface area contributed by atoms with Crippen LogP contribution in [0.2, 0.25) is 0 Å². The van der Waals surface area contributed by atoms with E-state index in [-0.39, 0.29) is 18.3 Å². The Balaban J connectivity index is 1.49. The van der Waals surface area contributed by atoms with Crippen LogP contribution in [0.5, 0.6) is 5.75 Å². The number of anilines is 1. The fraction of sp³-hybridized carbons (Fsp3) is 0.316. The predicted octanol–water partition coefficient (Wildman–Crippen LogP) is 2.86. The number of hydrogen-bond donors (Lipinski definition) is 0. The fourth-order valence-electron chi connectivity index (χ4n) is 2.81. The minimum Gasteiger partial charge on any atom is -0.484 e. The molecule has 0 aromatic heterocycles. The summed E-state index contributed by atoms with van der Waals surface area (Å²) in [6.07, 6.45) is 0. The Kier molecular flexibility index (Phi) is 4.99. The van der Waals surface area contributed by atoms with Gasteiger partial charge in [0.05, 0.1) is 0 Å². The molecule has 4 nitrogen and oxygen atoms in total. The van der Waals surface area contributed by atoms with Crippen LogP contribution in [0.4, 0.5) is 10.1 Å². The van der Waals surface area contributed by atoms with E-state index in [0.717, 1.165) is 13.1 Å². The lowest BCUT2D eigenvalue weighted by molar-refractivity contribution is -0.133. The van der Waals surface area contributed by atoms with Crippen LogP contribution in [0.15, 0.2) is 48.5 Å². The smallest absolute Gasteiger partial charge is 0.260 e. The van der Waals surface area contributed by atoms with Crippen LogP contribution in [0.3, 0.4) is 0 Å². The van der Waals surface area contributed by atoms with Gasteiger partial charge in [-0.1, -0.05) is 12.1 Å². The number of rotatable bonds is 4. The first kappa shape index (κ1) is 16.3. The van der Waals surface area contributed by atoms with Gasteiger partial charge in [0.1, 0.15) is 11.6 Å². The van der Waals surface area contributed by atoms with Crippen LogP contribution in [0.25, 0.3) is 0 Å². The molecule has 0 spiro atoms. The van der Waals surface area contributed by atoms with E-state index in [1.807, 2.05) is 4.90 Å². The first-order valence-corrected chi connectivity index (χ1v) is 8.09. The number of hydrogen-bond acceptors (Lipinski definition) is 3. The van der Waals surface area contributed by atoms with E-state index >= 15 is 0 Å². The topological polar surface area (TPSA) is 32.8 Å². The summed E-state index contributed by atoms with van der Waals surface area (Å²) in [6, 6.07) is 14.1. The SMILES string of the molecule is Cc1cccc(N2CCN(C(=O)COc3ccc(F)cc3)CC2)c1. The largest absolute Gasteiger partial charge is 0.484 e. The van der Waals surface area contributed by atoms with Gasteiger partial charge in [-0.2, -0.15) is 0 Å². The van der Waals surface area contributed by atoms with Crippen LogP contribution in [-0.4, -0.2) is 43.6 Å². The van der Waals surface area contributed by atoms with Crippen LogP contribution < -0.4 is 9.64 Å². The molecule has 2 aromatic carbocycles. The second kappa shape index (κ2) is 7.34. The van der Waals surface area contributed by atoms with E-state index in [4.69, 9.17) is 4.74 Å². The van der Waals surface area contributed by atoms with E-state index in [2.05, 4.69) is 36.1 Å². The Hall–Kier alpha value is -2.56. The number of amides is 1. The highest BCUT2D eigenvalue weighted by atomic mass is 19.1. The molecule has 2 aromatic rings. The summed E-state index contributed by atoms with van der Waals surface area (Å²) in [6.45, 7) is 5.04. The molecule has 1 heterocycles. The molecule has 0 saturated carbocycles. The molecule has 3 rings (SSSR count). The normalized spacial score (nSPS) is 14.6. The van der Waals surface area contributed by atoms with Gasteiger partial charge in [0.25, 0.3) is 5.91 Å². The maximum Gasteiger partial charge on any atom is 0.260 e. The summed E-state index contributed by atoms with van der Waals surface area (Å²) in [7, 11) is 0. The number of carbonyl (C=O) groups is 1. The molecule has 0 radical (unpaired) electrons. The molecule has 0 bridgehead atoms. The monoisotopic (exact) mass is 328 g/mol. The van der Waals surface area contributed by atoms with Gasteiger partial charge in [-0.25, -0.2) is 4.39 Å². The zero-order valence-electron chi connectivity index (χ0n) is 13.7. The van der Waals surface area contributed by atoms with E-state index in [1.165, 1.54) is 35.5 Å². The number of piperazine rings is 1. The van der Waals surface area contributed by atoms with Crippen molar-refractivity contribution in [1.29, 1.82) is 0 Å². The molecule has 126 valence electrons. The van der Waals surface area contributed by atoms with E-state index < -0.39 is 0 Å². The summed E-state index contributed by atoms with van der Waals surface area (Å²) in [5, 5.41) is 0. The molecule has 0 unspecified atom stereocenters. The molecule has 1 saturated heterocycles. The van der Waals surface area contributed by atoms with Gasteiger partial charge in [0, 0.05) is 31.9 Å². The number of carbonyl (C=O) groups excluding carboxylic acids is 1. The third-order valence-corrected chi connectivity index (χ3v) is 4.18. The first-order valence-electron chi connectivity index (χ1n) is 8.09. The molecule has 0 atom stereocenters. The maximum absolute atomic E-state index is 12.8. The van der Waals surface area contributed by atoms with Crippen molar-refractivity contribution in [3.05, 3.63) is 59.9 Å². The van der Waals surface area contributed by atoms with Crippen molar-refractivity contribution in [2.45, 2.75) is 6.92 Å². The summed E-state index contributed by atoms with van der Waals surface area (Å²) < 4.78 is 18.3. The van der Waals surface area contributed by atoms with Gasteiger partial charge in [0.2, 0.25) is 0 Å². The fourth-order valence-corrected chi connectivity index (χ4v) is 2.81. The van der Waals surface area contributed by atoms with Crippen LogP contribution in [-0.2, 0) is 4.79 Å². The van der Waals surface area contributed by atoms with Crippen LogP contribution >= 0.6 is 0 Å². The Morgan fingerprint density at radius 3 is 2.46 bits per heavy atom. The highest BCUT2D eigenvalue weighted by Crippen LogP contribution is 2.18. The first-order chi connectivity index (χ1) is 11.6. The molecule has 1 amide bonds. The van der Waals surface area contributed by atoms with Gasteiger partial charge in [-0.05, 0) is 48.9 Å². The average Bonchev–Trinajstić information content (AvgIpc) is 2.61. The van der Waals surface area contributed by atoms with Gasteiger partial charge < -0.3 is 14.5 Å². The summed E-state index contributed by atoms with van der Waals surface area (Å²) in [5.41, 5.74) is 2.43. The van der Waals surface area contributed by atoms with E-state index in [0.29, 0.717) is 18.8 Å². The molecule has 1 aliphatic rings. The minimum atomic E-state index is -0.319. The van der Waals surface area contributed by atoms with Gasteiger partial charge in [-0.15, -0.1) is 0 Å². The summed E-state index contributed by atoms with van der Waals surface area (Å²) in [4.78, 5) is 16.3. The number of benzene rings is 2. The maximum atomic E-state index is 12.8. The van der Waals surface area contributed by atoms with Crippen LogP contribution in [0.1, 0.15) is 5.56 Å². The van der Waals surface area contributed by atoms with Gasteiger partial charge >= 0.3 is 0 Å². The number of halogens is 1. The molecule has 5 heteroatoms. The van der Waals surface area contributed by atoms with Crippen molar-refractivity contribution in [3.8, 4) is 5.75 Å². The second-order valence-electron chi connectivity index (χ2n) is 5.95. The Bertz CT molecular complexity index is 695. The molecule has 1 fully saturated rings. The number of aryl methyl sites for hydroxylation is 1.